The number of nitrogens with one attached hydrogen (secondary N) is 1. The van der Waals surface area contributed by atoms with Gasteiger partial charge in [-0.2, -0.15) is 0 Å². The van der Waals surface area contributed by atoms with Gasteiger partial charge in [0.15, 0.2) is 0 Å². The highest BCUT2D eigenvalue weighted by molar-refractivity contribution is 5.97. The molecule has 1 N–H and O–H groups in total. The monoisotopic (exact) mass is 325 g/mol. The van der Waals surface area contributed by atoms with Crippen molar-refractivity contribution in [1.29, 1.82) is 0 Å². The van der Waals surface area contributed by atoms with Crippen molar-refractivity contribution in [2.45, 2.75) is 31.7 Å². The van der Waals surface area contributed by atoms with Gasteiger partial charge in [0.05, 0.1) is 7.11 Å². The van der Waals surface area contributed by atoms with Crippen molar-refractivity contribution >= 4 is 17.7 Å². The molecule has 0 saturated heterocycles. The summed E-state index contributed by atoms with van der Waals surface area (Å²) in [6, 6.07) is 1.37. The van der Waals surface area contributed by atoms with Crippen molar-refractivity contribution in [3.05, 3.63) is 35.4 Å². The van der Waals surface area contributed by atoms with E-state index >= 15 is 0 Å². The van der Waals surface area contributed by atoms with E-state index in [4.69, 9.17) is 0 Å². The van der Waals surface area contributed by atoms with E-state index in [1.54, 1.807) is 0 Å². The largest absolute Gasteiger partial charge is 0.467 e. The van der Waals surface area contributed by atoms with Crippen LogP contribution in [0.25, 0.3) is 0 Å². The molecule has 0 spiro atoms. The van der Waals surface area contributed by atoms with Crippen LogP contribution in [0.3, 0.4) is 0 Å². The van der Waals surface area contributed by atoms with Crippen LogP contribution in [-0.2, 0) is 14.3 Å². The van der Waals surface area contributed by atoms with Crippen LogP contribution in [0.2, 0.25) is 0 Å². The molecule has 23 heavy (non-hydrogen) atoms. The smallest absolute Gasteiger partial charge is 0.328 e. The van der Waals surface area contributed by atoms with Crippen LogP contribution in [0.4, 0.5) is 8.78 Å². The lowest BCUT2D eigenvalue weighted by molar-refractivity contribution is -0.145. The molecule has 2 rings (SSSR count). The highest BCUT2D eigenvalue weighted by Gasteiger charge is 2.34. The Labute approximate surface area is 132 Å². The minimum Gasteiger partial charge on any atom is -0.467 e. The van der Waals surface area contributed by atoms with E-state index in [0.717, 1.165) is 12.1 Å². The molecule has 0 unspecified atom stereocenters. The molecular formula is C16H17F2NO4. The number of Topliss-reactive ketones (excluding diaryl/α,β-unsaturated/α-hetero) is 1. The Bertz CT molecular complexity index is 612. The summed E-state index contributed by atoms with van der Waals surface area (Å²) in [7, 11) is 1.17. The second-order valence-corrected chi connectivity index (χ2v) is 5.53. The van der Waals surface area contributed by atoms with E-state index in [2.05, 4.69) is 10.1 Å². The van der Waals surface area contributed by atoms with Crippen LogP contribution in [0.5, 0.6) is 0 Å². The van der Waals surface area contributed by atoms with Gasteiger partial charge in [0.2, 0.25) is 0 Å². The molecule has 1 aliphatic rings. The van der Waals surface area contributed by atoms with Gasteiger partial charge in [-0.05, 0) is 30.9 Å². The Kier molecular flexibility index (Phi) is 5.41. The summed E-state index contributed by atoms with van der Waals surface area (Å²) in [5, 5.41) is 2.43. The molecule has 1 aromatic rings. The lowest BCUT2D eigenvalue weighted by atomic mass is 9.83. The van der Waals surface area contributed by atoms with Crippen molar-refractivity contribution in [2.75, 3.05) is 7.11 Å². The van der Waals surface area contributed by atoms with Gasteiger partial charge in [-0.25, -0.2) is 13.6 Å². The van der Waals surface area contributed by atoms with Crippen LogP contribution in [-0.4, -0.2) is 30.8 Å². The zero-order valence-corrected chi connectivity index (χ0v) is 12.6. The van der Waals surface area contributed by atoms with E-state index in [9.17, 15) is 23.2 Å². The van der Waals surface area contributed by atoms with Crippen LogP contribution in [0.1, 0.15) is 36.0 Å². The summed E-state index contributed by atoms with van der Waals surface area (Å²) in [5.74, 6) is -3.63. The topological polar surface area (TPSA) is 72.5 Å². The number of ketones is 1. The second-order valence-electron chi connectivity index (χ2n) is 5.53. The summed E-state index contributed by atoms with van der Waals surface area (Å²) in [5.41, 5.74) is -0.237. The highest BCUT2D eigenvalue weighted by atomic mass is 19.1. The molecule has 0 aromatic heterocycles. The number of halogens is 2. The summed E-state index contributed by atoms with van der Waals surface area (Å²) in [6.45, 7) is 0. The molecule has 1 saturated carbocycles. The second kappa shape index (κ2) is 7.30. The Hall–Kier alpha value is -2.31. The fourth-order valence-electron chi connectivity index (χ4n) is 2.75. The van der Waals surface area contributed by atoms with Gasteiger partial charge in [-0.1, -0.05) is 0 Å². The summed E-state index contributed by atoms with van der Waals surface area (Å²) in [6.07, 6.45) is 1.83. The standard InChI is InChI=1S/C16H17F2NO4/c1-23-16(22)14(9-3-2-4-13(20)7-9)19-15(21)10-5-11(17)8-12(18)6-10/h5-6,8-9,14H,2-4,7H2,1H3,(H,19,21)/t9-,14-/m0/s1. The molecule has 0 aliphatic heterocycles. The minimum atomic E-state index is -1.02. The first-order valence-electron chi connectivity index (χ1n) is 7.27. The third-order valence-corrected chi connectivity index (χ3v) is 3.86. The third-order valence-electron chi connectivity index (χ3n) is 3.86. The molecule has 0 heterocycles. The number of methoxy groups -OCH3 is 1. The zero-order valence-electron chi connectivity index (χ0n) is 12.6. The molecule has 0 bridgehead atoms. The zero-order chi connectivity index (χ0) is 17.0. The lowest BCUT2D eigenvalue weighted by Crippen LogP contribution is -2.48. The lowest BCUT2D eigenvalue weighted by Gasteiger charge is -2.28. The van der Waals surface area contributed by atoms with E-state index in [0.29, 0.717) is 25.3 Å². The molecule has 124 valence electrons. The van der Waals surface area contributed by atoms with Crippen molar-refractivity contribution in [3.8, 4) is 0 Å². The number of esters is 1. The maximum Gasteiger partial charge on any atom is 0.328 e. The Morgan fingerprint density at radius 3 is 2.48 bits per heavy atom. The van der Waals surface area contributed by atoms with Gasteiger partial charge in [-0.15, -0.1) is 0 Å². The normalized spacial score (nSPS) is 19.1. The van der Waals surface area contributed by atoms with Crippen molar-refractivity contribution < 1.29 is 27.9 Å². The average Bonchev–Trinajstić information content (AvgIpc) is 2.50. The average molecular weight is 325 g/mol. The van der Waals surface area contributed by atoms with Crippen LogP contribution in [0.15, 0.2) is 18.2 Å². The first-order chi connectivity index (χ1) is 10.9. The quantitative estimate of drug-likeness (QED) is 0.860. The molecule has 1 aromatic carbocycles. The molecule has 0 radical (unpaired) electrons. The maximum atomic E-state index is 13.2. The van der Waals surface area contributed by atoms with E-state index in [1.807, 2.05) is 0 Å². The molecule has 1 aliphatic carbocycles. The number of amides is 1. The number of rotatable bonds is 4. The molecule has 2 atom stereocenters. The van der Waals surface area contributed by atoms with Crippen molar-refractivity contribution in [3.63, 3.8) is 0 Å². The molecule has 5 nitrogen and oxygen atoms in total. The number of hydrogen-bond acceptors (Lipinski definition) is 4. The Balaban J connectivity index is 2.18. The Morgan fingerprint density at radius 1 is 1.26 bits per heavy atom. The van der Waals surface area contributed by atoms with Crippen molar-refractivity contribution in [2.24, 2.45) is 5.92 Å². The summed E-state index contributed by atoms with van der Waals surface area (Å²) < 4.78 is 31.1. The molecule has 7 heteroatoms. The van der Waals surface area contributed by atoms with Gasteiger partial charge >= 0.3 is 5.97 Å². The van der Waals surface area contributed by atoms with E-state index < -0.39 is 29.6 Å². The van der Waals surface area contributed by atoms with Gasteiger partial charge < -0.3 is 10.1 Å². The molecule has 1 fully saturated rings. The predicted molar refractivity (Wildman–Crippen MR) is 76.6 cm³/mol. The van der Waals surface area contributed by atoms with E-state index in [-0.39, 0.29) is 23.7 Å². The first-order valence-corrected chi connectivity index (χ1v) is 7.27. The molecular weight excluding hydrogens is 308 g/mol. The van der Waals surface area contributed by atoms with Crippen LogP contribution >= 0.6 is 0 Å². The third kappa shape index (κ3) is 4.34. The predicted octanol–water partition coefficient (Wildman–Crippen LogP) is 2.00. The van der Waals surface area contributed by atoms with Crippen LogP contribution < -0.4 is 5.32 Å². The first kappa shape index (κ1) is 17.1. The number of carbonyl (C=O) groups excluding carboxylic acids is 3. The summed E-state index contributed by atoms with van der Waals surface area (Å²) >= 11 is 0. The number of carbonyl (C=O) groups is 3. The number of benzene rings is 1. The van der Waals surface area contributed by atoms with Crippen LogP contribution in [0, 0.1) is 17.6 Å². The molecule has 1 amide bonds. The number of hydrogen-bond donors (Lipinski definition) is 1. The fraction of sp³-hybridized carbons (Fsp3) is 0.438. The fourth-order valence-corrected chi connectivity index (χ4v) is 2.75. The Morgan fingerprint density at radius 2 is 1.91 bits per heavy atom. The van der Waals surface area contributed by atoms with Crippen molar-refractivity contribution in [1.82, 2.24) is 5.32 Å². The van der Waals surface area contributed by atoms with Gasteiger partial charge in [0, 0.05) is 24.5 Å². The maximum absolute atomic E-state index is 13.2. The van der Waals surface area contributed by atoms with Gasteiger partial charge in [-0.3, -0.25) is 9.59 Å². The minimum absolute atomic E-state index is 0.0150. The van der Waals surface area contributed by atoms with Gasteiger partial charge in [0.25, 0.3) is 5.91 Å². The van der Waals surface area contributed by atoms with Gasteiger partial charge in [0.1, 0.15) is 23.5 Å². The summed E-state index contributed by atoms with van der Waals surface area (Å²) in [4.78, 5) is 35.7. The highest BCUT2D eigenvalue weighted by Crippen LogP contribution is 2.25. The number of ether oxygens (including phenoxy) is 1. The SMILES string of the molecule is COC(=O)[C@@H](NC(=O)c1cc(F)cc(F)c1)[C@H]1CCCC(=O)C1. The van der Waals surface area contributed by atoms with E-state index in [1.165, 1.54) is 7.11 Å².